The van der Waals surface area contributed by atoms with E-state index in [4.69, 9.17) is 0 Å². The molecule has 0 aliphatic carbocycles. The lowest BCUT2D eigenvalue weighted by atomic mass is 10.0. The Morgan fingerprint density at radius 3 is 2.65 bits per heavy atom. The number of aromatic nitrogens is 2. The first-order valence-corrected chi connectivity index (χ1v) is 12.4. The molecule has 1 fully saturated rings. The topological polar surface area (TPSA) is 92.3 Å². The van der Waals surface area contributed by atoms with Crippen LogP contribution in [-0.4, -0.2) is 41.9 Å². The molecule has 7 nitrogen and oxygen atoms in total. The lowest BCUT2D eigenvalue weighted by molar-refractivity contribution is 0.102. The van der Waals surface area contributed by atoms with E-state index in [0.29, 0.717) is 28.7 Å². The Labute approximate surface area is 186 Å². The molecule has 4 rings (SSSR count). The Morgan fingerprint density at radius 2 is 1.90 bits per heavy atom. The summed E-state index contributed by atoms with van der Waals surface area (Å²) in [6, 6.07) is 14.6. The number of amides is 1. The zero-order valence-electron chi connectivity index (χ0n) is 17.4. The van der Waals surface area contributed by atoms with Gasteiger partial charge in [0.05, 0.1) is 4.90 Å². The van der Waals surface area contributed by atoms with Crippen LogP contribution < -0.4 is 5.32 Å². The van der Waals surface area contributed by atoms with Crippen molar-refractivity contribution in [2.75, 3.05) is 18.4 Å². The van der Waals surface area contributed by atoms with Crippen molar-refractivity contribution in [1.82, 2.24) is 14.5 Å². The predicted octanol–water partition coefficient (Wildman–Crippen LogP) is 3.98. The highest BCUT2D eigenvalue weighted by atomic mass is 32.2. The van der Waals surface area contributed by atoms with Gasteiger partial charge in [0.15, 0.2) is 0 Å². The number of nitrogens with one attached hydrogen (secondary N) is 1. The van der Waals surface area contributed by atoms with Gasteiger partial charge in [-0.05, 0) is 50.5 Å². The molecule has 1 saturated heterocycles. The van der Waals surface area contributed by atoms with Gasteiger partial charge in [-0.1, -0.05) is 47.2 Å². The van der Waals surface area contributed by atoms with E-state index in [9.17, 15) is 13.2 Å². The summed E-state index contributed by atoms with van der Waals surface area (Å²) in [5, 5.41) is 12.0. The van der Waals surface area contributed by atoms with Gasteiger partial charge < -0.3 is 5.32 Å². The number of hydrogen-bond acceptors (Lipinski definition) is 6. The van der Waals surface area contributed by atoms with E-state index in [1.807, 2.05) is 44.2 Å². The monoisotopic (exact) mass is 456 g/mol. The molecule has 0 saturated carbocycles. The average Bonchev–Trinajstić information content (AvgIpc) is 3.25. The minimum Gasteiger partial charge on any atom is -0.320 e. The van der Waals surface area contributed by atoms with Gasteiger partial charge in [0.25, 0.3) is 5.91 Å². The molecule has 2 aromatic carbocycles. The third kappa shape index (κ3) is 4.68. The number of hydrogen-bond donors (Lipinski definition) is 1. The molecule has 0 spiro atoms. The molecule has 0 bridgehead atoms. The molecular formula is C22H24N4O3S2. The molecule has 1 aliphatic rings. The van der Waals surface area contributed by atoms with Crippen LogP contribution in [0.25, 0.3) is 0 Å². The van der Waals surface area contributed by atoms with Gasteiger partial charge in [-0.3, -0.25) is 4.79 Å². The van der Waals surface area contributed by atoms with Crippen molar-refractivity contribution in [3.8, 4) is 0 Å². The normalized spacial score (nSPS) is 17.4. The molecule has 1 aliphatic heterocycles. The van der Waals surface area contributed by atoms with Gasteiger partial charge in [0, 0.05) is 24.7 Å². The van der Waals surface area contributed by atoms with Crippen LogP contribution in [0.15, 0.2) is 53.4 Å². The minimum absolute atomic E-state index is 0.0787. The molecule has 2 heterocycles. The fraction of sp³-hybridized carbons (Fsp3) is 0.318. The SMILES string of the molecule is Cc1ccc(S(=O)(=O)N2CCC[C@H](c3nnc(C(=O)Nc4ccccc4)s3)C2)c(C)c1. The summed E-state index contributed by atoms with van der Waals surface area (Å²) in [6.07, 6.45) is 1.55. The summed E-state index contributed by atoms with van der Waals surface area (Å²) in [5.41, 5.74) is 2.47. The molecule has 0 unspecified atom stereocenters. The second-order valence-electron chi connectivity index (χ2n) is 7.74. The Bertz CT molecular complexity index is 1190. The van der Waals surface area contributed by atoms with Crippen molar-refractivity contribution >= 4 is 33.0 Å². The van der Waals surface area contributed by atoms with E-state index in [2.05, 4.69) is 15.5 Å². The maximum atomic E-state index is 13.2. The molecule has 1 N–H and O–H groups in total. The summed E-state index contributed by atoms with van der Waals surface area (Å²) in [4.78, 5) is 12.8. The van der Waals surface area contributed by atoms with Crippen molar-refractivity contribution in [3.63, 3.8) is 0 Å². The molecule has 9 heteroatoms. The maximum Gasteiger partial charge on any atom is 0.286 e. The second-order valence-corrected chi connectivity index (χ2v) is 10.7. The predicted molar refractivity (Wildman–Crippen MR) is 121 cm³/mol. The number of anilines is 1. The van der Waals surface area contributed by atoms with Gasteiger partial charge in [0.1, 0.15) is 5.01 Å². The number of para-hydroxylation sites is 1. The summed E-state index contributed by atoms with van der Waals surface area (Å²) in [5.74, 6) is -0.393. The van der Waals surface area contributed by atoms with E-state index in [1.165, 1.54) is 15.6 Å². The van der Waals surface area contributed by atoms with E-state index in [1.54, 1.807) is 18.2 Å². The number of piperidine rings is 1. The summed E-state index contributed by atoms with van der Waals surface area (Å²) in [7, 11) is -3.59. The third-order valence-corrected chi connectivity index (χ3v) is 8.46. The van der Waals surface area contributed by atoms with E-state index >= 15 is 0 Å². The largest absolute Gasteiger partial charge is 0.320 e. The lowest BCUT2D eigenvalue weighted by Crippen LogP contribution is -2.39. The van der Waals surface area contributed by atoms with Crippen molar-refractivity contribution in [1.29, 1.82) is 0 Å². The number of carbonyl (C=O) groups excluding carboxylic acids is 1. The van der Waals surface area contributed by atoms with Crippen LogP contribution in [0.4, 0.5) is 5.69 Å². The zero-order valence-corrected chi connectivity index (χ0v) is 19.0. The highest BCUT2D eigenvalue weighted by Gasteiger charge is 2.33. The Morgan fingerprint density at radius 1 is 1.13 bits per heavy atom. The maximum absolute atomic E-state index is 13.2. The Kier molecular flexibility index (Phi) is 6.17. The first-order valence-electron chi connectivity index (χ1n) is 10.1. The number of carbonyl (C=O) groups is 1. The fourth-order valence-electron chi connectivity index (χ4n) is 3.79. The molecule has 162 valence electrons. The first-order chi connectivity index (χ1) is 14.8. The molecule has 0 radical (unpaired) electrons. The molecule has 1 aromatic heterocycles. The van der Waals surface area contributed by atoms with Crippen LogP contribution in [0.3, 0.4) is 0 Å². The Hall–Kier alpha value is -2.62. The van der Waals surface area contributed by atoms with Gasteiger partial charge >= 0.3 is 0 Å². The number of aryl methyl sites for hydroxylation is 2. The lowest BCUT2D eigenvalue weighted by Gasteiger charge is -2.31. The van der Waals surface area contributed by atoms with Crippen molar-refractivity contribution < 1.29 is 13.2 Å². The standard InChI is InChI=1S/C22H24N4O3S2/c1-15-10-11-19(16(2)13-15)31(28,29)26-12-6-7-17(14-26)21-24-25-22(30-21)20(27)23-18-8-4-3-5-9-18/h3-5,8-11,13,17H,6-7,12,14H2,1-2H3,(H,23,27)/t17-/m0/s1. The summed E-state index contributed by atoms with van der Waals surface area (Å²) < 4.78 is 28.0. The third-order valence-electron chi connectivity index (χ3n) is 5.35. The van der Waals surface area contributed by atoms with Gasteiger partial charge in [-0.2, -0.15) is 4.31 Å². The molecule has 31 heavy (non-hydrogen) atoms. The highest BCUT2D eigenvalue weighted by molar-refractivity contribution is 7.89. The smallest absolute Gasteiger partial charge is 0.286 e. The van der Waals surface area contributed by atoms with E-state index < -0.39 is 10.0 Å². The number of nitrogens with zero attached hydrogens (tertiary/aromatic N) is 3. The van der Waals surface area contributed by atoms with E-state index in [-0.39, 0.29) is 16.8 Å². The van der Waals surface area contributed by atoms with Crippen molar-refractivity contribution in [2.45, 2.75) is 37.5 Å². The molecule has 1 atom stereocenters. The summed E-state index contributed by atoms with van der Waals surface area (Å²) in [6.45, 7) is 4.59. The molecular weight excluding hydrogens is 432 g/mol. The van der Waals surface area contributed by atoms with Crippen LogP contribution >= 0.6 is 11.3 Å². The minimum atomic E-state index is -3.59. The average molecular weight is 457 g/mol. The van der Waals surface area contributed by atoms with Crippen LogP contribution in [0.5, 0.6) is 0 Å². The summed E-state index contributed by atoms with van der Waals surface area (Å²) >= 11 is 1.22. The number of sulfonamides is 1. The van der Waals surface area contributed by atoms with Crippen LogP contribution in [0, 0.1) is 13.8 Å². The van der Waals surface area contributed by atoms with Gasteiger partial charge in [-0.25, -0.2) is 8.42 Å². The van der Waals surface area contributed by atoms with Crippen molar-refractivity contribution in [3.05, 3.63) is 69.7 Å². The number of rotatable bonds is 5. The van der Waals surface area contributed by atoms with E-state index in [0.717, 1.165) is 24.0 Å². The zero-order chi connectivity index (χ0) is 22.0. The molecule has 3 aromatic rings. The van der Waals surface area contributed by atoms with Crippen LogP contribution in [0.2, 0.25) is 0 Å². The Balaban J connectivity index is 1.49. The molecule has 1 amide bonds. The first kappa shape index (κ1) is 21.6. The number of benzene rings is 2. The van der Waals surface area contributed by atoms with Crippen LogP contribution in [0.1, 0.15) is 44.7 Å². The van der Waals surface area contributed by atoms with Crippen LogP contribution in [-0.2, 0) is 10.0 Å². The van der Waals surface area contributed by atoms with Gasteiger partial charge in [0.2, 0.25) is 15.0 Å². The van der Waals surface area contributed by atoms with Crippen molar-refractivity contribution in [2.24, 2.45) is 0 Å². The second kappa shape index (κ2) is 8.86. The highest BCUT2D eigenvalue weighted by Crippen LogP contribution is 2.32. The quantitative estimate of drug-likeness (QED) is 0.627. The van der Waals surface area contributed by atoms with Gasteiger partial charge in [-0.15, -0.1) is 10.2 Å². The fourth-order valence-corrected chi connectivity index (χ4v) is 6.38.